The minimum atomic E-state index is -0.728. The first-order valence-electron chi connectivity index (χ1n) is 5.21. The Hall–Kier alpha value is -1.51. The Morgan fingerprint density at radius 3 is 3.13 bits per heavy atom. The van der Waals surface area contributed by atoms with E-state index in [1.54, 1.807) is 0 Å². The molecule has 0 saturated carbocycles. The van der Waals surface area contributed by atoms with Crippen LogP contribution in [0.25, 0.3) is 0 Å². The van der Waals surface area contributed by atoms with E-state index in [1.165, 1.54) is 11.3 Å². The van der Waals surface area contributed by atoms with Crippen molar-refractivity contribution in [3.8, 4) is 0 Å². The number of fused-ring (bicyclic) bond motifs is 1. The Balaban J connectivity index is 2.07. The van der Waals surface area contributed by atoms with Crippen molar-refractivity contribution in [2.24, 2.45) is 5.92 Å². The van der Waals surface area contributed by atoms with Gasteiger partial charge in [0, 0.05) is 18.0 Å². The lowest BCUT2D eigenvalue weighted by Gasteiger charge is -2.22. The Morgan fingerprint density at radius 2 is 2.40 bits per heavy atom. The van der Waals surface area contributed by atoms with Crippen molar-refractivity contribution in [2.45, 2.75) is 25.8 Å². The average Bonchev–Trinajstić information content (AvgIpc) is 2.55. The predicted molar refractivity (Wildman–Crippen MR) is 58.3 cm³/mol. The summed E-state index contributed by atoms with van der Waals surface area (Å²) in [4.78, 5) is 10.5. The second-order valence-corrected chi connectivity index (χ2v) is 4.07. The molecule has 1 aliphatic carbocycles. The van der Waals surface area contributed by atoms with Gasteiger partial charge in [0.05, 0.1) is 6.04 Å². The number of nitrogens with one attached hydrogen (secondary N) is 1. The second kappa shape index (κ2) is 3.93. The first-order valence-corrected chi connectivity index (χ1v) is 5.21. The highest BCUT2D eigenvalue weighted by Gasteiger charge is 2.27. The molecule has 2 atom stereocenters. The van der Waals surface area contributed by atoms with E-state index >= 15 is 0 Å². The van der Waals surface area contributed by atoms with Gasteiger partial charge in [0.25, 0.3) is 0 Å². The van der Waals surface area contributed by atoms with Gasteiger partial charge < -0.3 is 10.4 Å². The molecule has 0 spiro atoms. The fraction of sp³-hybridized carbons (Fsp3) is 0.417. The fourth-order valence-electron chi connectivity index (χ4n) is 2.19. The second-order valence-electron chi connectivity index (χ2n) is 4.07. The molecule has 2 N–H and O–H groups in total. The van der Waals surface area contributed by atoms with Gasteiger partial charge in [-0.1, -0.05) is 29.9 Å². The number of hydrogen-bond donors (Lipinski definition) is 2. The Morgan fingerprint density at radius 1 is 1.60 bits per heavy atom. The summed E-state index contributed by atoms with van der Waals surface area (Å²) in [5.41, 5.74) is 2.40. The normalized spacial score (nSPS) is 27.8. The number of carboxylic acids is 1. The molecular weight excluding hydrogens is 190 g/mol. The fourth-order valence-corrected chi connectivity index (χ4v) is 2.19. The highest BCUT2D eigenvalue weighted by atomic mass is 16.4. The average molecular weight is 205 g/mol. The molecule has 2 rings (SSSR count). The maximum absolute atomic E-state index is 10.5. The third kappa shape index (κ3) is 2.12. The van der Waals surface area contributed by atoms with E-state index in [1.807, 2.05) is 19.1 Å². The maximum atomic E-state index is 10.5. The Bertz CT molecular complexity index is 366. The van der Waals surface area contributed by atoms with Crippen LogP contribution in [0.1, 0.15) is 19.8 Å². The maximum Gasteiger partial charge on any atom is 0.303 e. The third-order valence-electron chi connectivity index (χ3n) is 2.90. The van der Waals surface area contributed by atoms with Gasteiger partial charge in [-0.2, -0.15) is 0 Å². The van der Waals surface area contributed by atoms with E-state index in [-0.39, 0.29) is 6.42 Å². The molecular formula is C12H15NO2. The standard InChI is InChI=1S/C12H15NO2/c1-8-7-10-9(5-6-12(14)15)3-2-4-11(10)13-8/h2-4,7,10-11,13H,5-6H2,1H3,(H,14,15). The quantitative estimate of drug-likeness (QED) is 0.739. The van der Waals surface area contributed by atoms with Crippen LogP contribution in [0, 0.1) is 5.92 Å². The summed E-state index contributed by atoms with van der Waals surface area (Å²) in [6.07, 6.45) is 9.23. The highest BCUT2D eigenvalue weighted by molar-refractivity contribution is 5.67. The van der Waals surface area contributed by atoms with Crippen molar-refractivity contribution in [2.75, 3.05) is 0 Å². The van der Waals surface area contributed by atoms with Crippen molar-refractivity contribution in [3.05, 3.63) is 35.6 Å². The molecule has 3 heteroatoms. The molecule has 2 aliphatic rings. The summed E-state index contributed by atoms with van der Waals surface area (Å²) < 4.78 is 0. The first-order chi connectivity index (χ1) is 7.16. The van der Waals surface area contributed by atoms with Crippen LogP contribution >= 0.6 is 0 Å². The molecule has 0 aromatic rings. The topological polar surface area (TPSA) is 49.3 Å². The van der Waals surface area contributed by atoms with E-state index in [4.69, 9.17) is 5.11 Å². The van der Waals surface area contributed by atoms with E-state index < -0.39 is 5.97 Å². The minimum Gasteiger partial charge on any atom is -0.481 e. The Kier molecular flexibility index (Phi) is 2.62. The van der Waals surface area contributed by atoms with Gasteiger partial charge in [0.1, 0.15) is 0 Å². The van der Waals surface area contributed by atoms with Crippen LogP contribution in [0.3, 0.4) is 0 Å². The summed E-state index contributed by atoms with van der Waals surface area (Å²) in [5.74, 6) is -0.372. The van der Waals surface area contributed by atoms with Gasteiger partial charge in [0.15, 0.2) is 0 Å². The number of carboxylic acid groups (broad SMARTS) is 1. The van der Waals surface area contributed by atoms with Crippen molar-refractivity contribution in [1.82, 2.24) is 5.32 Å². The predicted octanol–water partition coefficient (Wildman–Crippen LogP) is 1.84. The van der Waals surface area contributed by atoms with Gasteiger partial charge in [-0.25, -0.2) is 0 Å². The van der Waals surface area contributed by atoms with Gasteiger partial charge >= 0.3 is 5.97 Å². The third-order valence-corrected chi connectivity index (χ3v) is 2.90. The van der Waals surface area contributed by atoms with Crippen LogP contribution in [-0.4, -0.2) is 17.1 Å². The van der Waals surface area contributed by atoms with Gasteiger partial charge in [-0.05, 0) is 13.3 Å². The van der Waals surface area contributed by atoms with E-state index in [9.17, 15) is 4.79 Å². The molecule has 0 aromatic carbocycles. The molecule has 80 valence electrons. The van der Waals surface area contributed by atoms with Crippen LogP contribution in [0.4, 0.5) is 0 Å². The molecule has 15 heavy (non-hydrogen) atoms. The van der Waals surface area contributed by atoms with Crippen LogP contribution in [-0.2, 0) is 4.79 Å². The lowest BCUT2D eigenvalue weighted by atomic mass is 9.86. The zero-order valence-electron chi connectivity index (χ0n) is 8.73. The number of rotatable bonds is 3. The molecule has 2 unspecified atom stereocenters. The smallest absolute Gasteiger partial charge is 0.303 e. The summed E-state index contributed by atoms with van der Waals surface area (Å²) in [6, 6.07) is 0.332. The molecule has 0 radical (unpaired) electrons. The Labute approximate surface area is 89.2 Å². The summed E-state index contributed by atoms with van der Waals surface area (Å²) in [7, 11) is 0. The number of carbonyl (C=O) groups is 1. The SMILES string of the molecule is CC1=CC2C(CCC(=O)O)=CC=CC2N1. The summed E-state index contributed by atoms with van der Waals surface area (Å²) in [6.45, 7) is 2.04. The molecule has 1 heterocycles. The molecule has 0 fully saturated rings. The highest BCUT2D eigenvalue weighted by Crippen LogP contribution is 2.30. The number of aliphatic carboxylic acids is 1. The van der Waals surface area contributed by atoms with Crippen LogP contribution in [0.5, 0.6) is 0 Å². The van der Waals surface area contributed by atoms with Gasteiger partial charge in [0.2, 0.25) is 0 Å². The van der Waals surface area contributed by atoms with Crippen molar-refractivity contribution < 1.29 is 9.90 Å². The first kappa shape index (κ1) is 10.0. The molecule has 0 bridgehead atoms. The molecule has 0 amide bonds. The molecule has 0 saturated heterocycles. The lowest BCUT2D eigenvalue weighted by molar-refractivity contribution is -0.136. The zero-order valence-corrected chi connectivity index (χ0v) is 8.73. The monoisotopic (exact) mass is 205 g/mol. The van der Waals surface area contributed by atoms with Gasteiger partial charge in [-0.3, -0.25) is 4.79 Å². The van der Waals surface area contributed by atoms with Crippen molar-refractivity contribution in [1.29, 1.82) is 0 Å². The summed E-state index contributed by atoms with van der Waals surface area (Å²) >= 11 is 0. The minimum absolute atomic E-state index is 0.218. The molecule has 3 nitrogen and oxygen atoms in total. The van der Waals surface area contributed by atoms with Crippen molar-refractivity contribution in [3.63, 3.8) is 0 Å². The number of hydrogen-bond acceptors (Lipinski definition) is 2. The molecule has 0 aromatic heterocycles. The largest absolute Gasteiger partial charge is 0.481 e. The van der Waals surface area contributed by atoms with Crippen LogP contribution < -0.4 is 5.32 Å². The van der Waals surface area contributed by atoms with E-state index in [2.05, 4.69) is 17.5 Å². The summed E-state index contributed by atoms with van der Waals surface area (Å²) in [5, 5.41) is 12.0. The zero-order chi connectivity index (χ0) is 10.8. The molecule has 1 aliphatic heterocycles. The van der Waals surface area contributed by atoms with Crippen LogP contribution in [0.2, 0.25) is 0 Å². The lowest BCUT2D eigenvalue weighted by Crippen LogP contribution is -2.28. The van der Waals surface area contributed by atoms with Crippen molar-refractivity contribution >= 4 is 5.97 Å². The number of allylic oxidation sites excluding steroid dienone is 3. The van der Waals surface area contributed by atoms with E-state index in [0.29, 0.717) is 18.4 Å². The van der Waals surface area contributed by atoms with Gasteiger partial charge in [-0.15, -0.1) is 0 Å². The van der Waals surface area contributed by atoms with E-state index in [0.717, 1.165) is 0 Å². The van der Waals surface area contributed by atoms with Crippen LogP contribution in [0.15, 0.2) is 35.6 Å².